The number of hydrogen-bond acceptors (Lipinski definition) is 4. The first-order valence-electron chi connectivity index (χ1n) is 6.14. The Morgan fingerprint density at radius 2 is 1.95 bits per heavy atom. The molecule has 19 heavy (non-hydrogen) atoms. The molecule has 0 amide bonds. The van der Waals surface area contributed by atoms with E-state index in [0.29, 0.717) is 5.52 Å². The molecule has 2 unspecified atom stereocenters. The first-order chi connectivity index (χ1) is 8.73. The number of sulfone groups is 1. The van der Waals surface area contributed by atoms with Gasteiger partial charge in [-0.3, -0.25) is 0 Å². The molecule has 104 valence electrons. The summed E-state index contributed by atoms with van der Waals surface area (Å²) in [7, 11) is -1.40. The van der Waals surface area contributed by atoms with Crippen LogP contribution in [0.25, 0.3) is 11.0 Å². The molecule has 2 rings (SSSR count). The third-order valence-corrected chi connectivity index (χ3v) is 4.63. The lowest BCUT2D eigenvalue weighted by Crippen LogP contribution is -2.24. The van der Waals surface area contributed by atoms with E-state index in [9.17, 15) is 8.42 Å². The molecule has 0 fully saturated rings. The average molecular weight is 281 g/mol. The second kappa shape index (κ2) is 4.61. The van der Waals surface area contributed by atoms with Crippen molar-refractivity contribution < 1.29 is 8.42 Å². The fourth-order valence-electron chi connectivity index (χ4n) is 2.15. The van der Waals surface area contributed by atoms with Gasteiger partial charge in [-0.25, -0.2) is 13.4 Å². The zero-order valence-electron chi connectivity index (χ0n) is 11.6. The molecule has 0 aliphatic carbocycles. The number of fused-ring (bicyclic) bond motifs is 1. The molecule has 0 aliphatic rings. The molecule has 1 aromatic carbocycles. The maximum Gasteiger partial charge on any atom is 0.177 e. The molecule has 0 spiro atoms. The van der Waals surface area contributed by atoms with Gasteiger partial charge in [0.05, 0.1) is 10.4 Å². The minimum Gasteiger partial charge on any atom is -0.331 e. The van der Waals surface area contributed by atoms with Gasteiger partial charge in [-0.1, -0.05) is 13.0 Å². The maximum atomic E-state index is 11.8. The Labute approximate surface area is 113 Å². The van der Waals surface area contributed by atoms with E-state index < -0.39 is 9.84 Å². The normalized spacial score (nSPS) is 15.6. The van der Waals surface area contributed by atoms with E-state index in [-0.39, 0.29) is 16.9 Å². The summed E-state index contributed by atoms with van der Waals surface area (Å²) in [5.41, 5.74) is 7.24. The first-order valence-corrected chi connectivity index (χ1v) is 8.03. The van der Waals surface area contributed by atoms with Crippen LogP contribution in [0.2, 0.25) is 0 Å². The second-order valence-electron chi connectivity index (χ2n) is 5.07. The number of benzene rings is 1. The smallest absolute Gasteiger partial charge is 0.177 e. The van der Waals surface area contributed by atoms with Crippen LogP contribution in [0.15, 0.2) is 23.1 Å². The van der Waals surface area contributed by atoms with Gasteiger partial charge in [0.25, 0.3) is 0 Å². The van der Waals surface area contributed by atoms with Crippen LogP contribution in [0.4, 0.5) is 0 Å². The number of rotatable bonds is 3. The lowest BCUT2D eigenvalue weighted by atomic mass is 10.0. The summed E-state index contributed by atoms with van der Waals surface area (Å²) in [5.74, 6) is 0.867. The summed E-state index contributed by atoms with van der Waals surface area (Å²) < 4.78 is 25.5. The van der Waals surface area contributed by atoms with Crippen LogP contribution >= 0.6 is 0 Å². The number of hydrogen-bond donors (Lipinski definition) is 1. The zero-order chi connectivity index (χ0) is 14.4. The highest BCUT2D eigenvalue weighted by Crippen LogP contribution is 2.26. The second-order valence-corrected chi connectivity index (χ2v) is 7.06. The number of nitrogens with two attached hydrogens (primary N) is 1. The fourth-order valence-corrected chi connectivity index (χ4v) is 2.98. The Hall–Kier alpha value is -1.40. The minimum atomic E-state index is -3.29. The summed E-state index contributed by atoms with van der Waals surface area (Å²) in [6.07, 6.45) is 1.20. The van der Waals surface area contributed by atoms with Gasteiger partial charge in [0, 0.05) is 25.3 Å². The van der Waals surface area contributed by atoms with E-state index in [4.69, 9.17) is 5.73 Å². The molecular formula is C13H19N3O2S. The monoisotopic (exact) mass is 281 g/mol. The zero-order valence-corrected chi connectivity index (χ0v) is 12.4. The van der Waals surface area contributed by atoms with E-state index >= 15 is 0 Å². The first kappa shape index (κ1) is 14.0. The van der Waals surface area contributed by atoms with Crippen molar-refractivity contribution in [3.05, 3.63) is 24.0 Å². The van der Waals surface area contributed by atoms with Crippen LogP contribution in [0, 0.1) is 0 Å². The van der Waals surface area contributed by atoms with Crippen LogP contribution < -0.4 is 5.73 Å². The highest BCUT2D eigenvalue weighted by atomic mass is 32.2. The standard InChI is InChI=1S/C13H19N3O2S/c1-8(9(2)14)13-15-12-10(16(13)3)6-5-7-11(12)19(4,17)18/h5-9H,14H2,1-4H3. The van der Waals surface area contributed by atoms with Crippen LogP contribution in [0.1, 0.15) is 25.6 Å². The number of aromatic nitrogens is 2. The lowest BCUT2D eigenvalue weighted by Gasteiger charge is -2.14. The summed E-state index contributed by atoms with van der Waals surface area (Å²) >= 11 is 0. The summed E-state index contributed by atoms with van der Waals surface area (Å²) in [4.78, 5) is 4.77. The molecule has 0 radical (unpaired) electrons. The van der Waals surface area contributed by atoms with Crippen molar-refractivity contribution in [3.63, 3.8) is 0 Å². The number of nitrogens with zero attached hydrogens (tertiary/aromatic N) is 2. The topological polar surface area (TPSA) is 78.0 Å². The van der Waals surface area contributed by atoms with Crippen molar-refractivity contribution in [1.82, 2.24) is 9.55 Å². The molecule has 6 heteroatoms. The van der Waals surface area contributed by atoms with Crippen LogP contribution in [0.5, 0.6) is 0 Å². The van der Waals surface area contributed by atoms with Gasteiger partial charge in [0.15, 0.2) is 9.84 Å². The quantitative estimate of drug-likeness (QED) is 0.923. The van der Waals surface area contributed by atoms with Gasteiger partial charge >= 0.3 is 0 Å². The maximum absolute atomic E-state index is 11.8. The van der Waals surface area contributed by atoms with Crippen molar-refractivity contribution in [1.29, 1.82) is 0 Å². The molecule has 0 bridgehead atoms. The van der Waals surface area contributed by atoms with Crippen molar-refractivity contribution in [2.24, 2.45) is 12.8 Å². The van der Waals surface area contributed by atoms with Gasteiger partial charge < -0.3 is 10.3 Å². The lowest BCUT2D eigenvalue weighted by molar-refractivity contribution is 0.565. The van der Waals surface area contributed by atoms with E-state index in [1.165, 1.54) is 6.26 Å². The number of aryl methyl sites for hydroxylation is 1. The van der Waals surface area contributed by atoms with Crippen LogP contribution in [-0.4, -0.2) is 30.3 Å². The molecule has 1 aromatic heterocycles. The third kappa shape index (κ3) is 2.37. The van der Waals surface area contributed by atoms with E-state index in [2.05, 4.69) is 4.98 Å². The summed E-state index contributed by atoms with van der Waals surface area (Å²) in [6, 6.07) is 5.15. The predicted molar refractivity (Wildman–Crippen MR) is 75.9 cm³/mol. The Bertz CT molecular complexity index is 717. The van der Waals surface area contributed by atoms with E-state index in [1.54, 1.807) is 12.1 Å². The molecule has 5 nitrogen and oxygen atoms in total. The largest absolute Gasteiger partial charge is 0.331 e. The van der Waals surface area contributed by atoms with Gasteiger partial charge in [-0.05, 0) is 19.1 Å². The Morgan fingerprint density at radius 3 is 2.47 bits per heavy atom. The molecule has 2 N–H and O–H groups in total. The van der Waals surface area contributed by atoms with Crippen molar-refractivity contribution in [2.45, 2.75) is 30.7 Å². The van der Waals surface area contributed by atoms with Crippen LogP contribution in [-0.2, 0) is 16.9 Å². The molecule has 2 aromatic rings. The predicted octanol–water partition coefficient (Wildman–Crippen LogP) is 1.43. The summed E-state index contributed by atoms with van der Waals surface area (Å²) in [6.45, 7) is 3.91. The molecule has 0 saturated heterocycles. The van der Waals surface area contributed by atoms with Gasteiger partial charge in [0.2, 0.25) is 0 Å². The van der Waals surface area contributed by atoms with Crippen molar-refractivity contribution in [2.75, 3.05) is 6.26 Å². The van der Waals surface area contributed by atoms with Gasteiger partial charge in [0.1, 0.15) is 11.3 Å². The molecule has 2 atom stereocenters. The highest BCUT2D eigenvalue weighted by Gasteiger charge is 2.21. The summed E-state index contributed by atoms with van der Waals surface area (Å²) in [5, 5.41) is 0. The van der Waals surface area contributed by atoms with Crippen molar-refractivity contribution in [3.8, 4) is 0 Å². The molecule has 0 saturated carbocycles. The van der Waals surface area contributed by atoms with E-state index in [0.717, 1.165) is 11.3 Å². The SMILES string of the molecule is CC(N)C(C)c1nc2c(S(C)(=O)=O)cccc2n1C. The number of para-hydroxylation sites is 1. The molecule has 1 heterocycles. The van der Waals surface area contributed by atoms with Crippen molar-refractivity contribution >= 4 is 20.9 Å². The minimum absolute atomic E-state index is 0.0443. The van der Waals surface area contributed by atoms with Gasteiger partial charge in [-0.15, -0.1) is 0 Å². The number of imidazole rings is 1. The molecule has 0 aliphatic heterocycles. The third-order valence-electron chi connectivity index (χ3n) is 3.50. The Morgan fingerprint density at radius 1 is 1.32 bits per heavy atom. The van der Waals surface area contributed by atoms with E-state index in [1.807, 2.05) is 31.5 Å². The Balaban J connectivity index is 2.77. The highest BCUT2D eigenvalue weighted by molar-refractivity contribution is 7.91. The Kier molecular flexibility index (Phi) is 3.40. The fraction of sp³-hybridized carbons (Fsp3) is 0.462. The van der Waals surface area contributed by atoms with Crippen LogP contribution in [0.3, 0.4) is 0 Å². The average Bonchev–Trinajstić information content (AvgIpc) is 2.64. The molecular weight excluding hydrogens is 262 g/mol. The van der Waals surface area contributed by atoms with Gasteiger partial charge in [-0.2, -0.15) is 0 Å².